The summed E-state index contributed by atoms with van der Waals surface area (Å²) in [4.78, 5) is 50.1. The zero-order valence-corrected chi connectivity index (χ0v) is 18.4. The quantitative estimate of drug-likeness (QED) is 0.684. The summed E-state index contributed by atoms with van der Waals surface area (Å²) in [6.07, 6.45) is 8.60. The number of nitrogens with zero attached hydrogens (tertiary/aromatic N) is 1. The van der Waals surface area contributed by atoms with Gasteiger partial charge in [0.25, 0.3) is 5.91 Å². The number of imide groups is 1. The molecule has 1 aromatic rings. The lowest BCUT2D eigenvalue weighted by Gasteiger charge is -2.29. The first-order valence-corrected chi connectivity index (χ1v) is 11.7. The number of rotatable bonds is 5. The second-order valence-electron chi connectivity index (χ2n) is 9.05. The van der Waals surface area contributed by atoms with E-state index in [0.29, 0.717) is 31.1 Å². The van der Waals surface area contributed by atoms with Crippen molar-refractivity contribution >= 4 is 23.8 Å². The molecule has 1 unspecified atom stereocenters. The third-order valence-corrected chi connectivity index (χ3v) is 6.70. The maximum atomic E-state index is 12.9. The number of hydrogen-bond donors (Lipinski definition) is 2. The molecule has 1 saturated carbocycles. The molecule has 0 spiro atoms. The molecule has 1 aliphatic carbocycles. The molecule has 2 fully saturated rings. The van der Waals surface area contributed by atoms with Crippen molar-refractivity contribution < 1.29 is 23.9 Å². The monoisotopic (exact) mass is 441 g/mol. The standard InChI is InChI=1S/C24H31N3O5/c28-21-11-10-20(22(29)26-21)27-14-18-9-8-17(12-19(18)23(27)30)13-25-24(31)32-15-16-6-4-2-1-3-5-7-16/h8-9,12,16,20H,1-7,10-11,13-15H2,(H,25,31)(H,26,28,29). The predicted molar refractivity (Wildman–Crippen MR) is 116 cm³/mol. The molecular weight excluding hydrogens is 410 g/mol. The molecule has 2 aliphatic heterocycles. The topological polar surface area (TPSA) is 105 Å². The van der Waals surface area contributed by atoms with Crippen molar-refractivity contribution in [2.45, 2.75) is 76.9 Å². The summed E-state index contributed by atoms with van der Waals surface area (Å²) in [7, 11) is 0. The fourth-order valence-electron chi connectivity index (χ4n) is 4.84. The molecule has 172 valence electrons. The fraction of sp³-hybridized carbons (Fsp3) is 0.583. The molecule has 8 heteroatoms. The lowest BCUT2D eigenvalue weighted by atomic mass is 9.92. The van der Waals surface area contributed by atoms with Gasteiger partial charge in [-0.1, -0.05) is 44.2 Å². The third kappa shape index (κ3) is 5.29. The van der Waals surface area contributed by atoms with Crippen LogP contribution in [0.3, 0.4) is 0 Å². The maximum Gasteiger partial charge on any atom is 0.407 e. The first-order valence-electron chi connectivity index (χ1n) is 11.7. The highest BCUT2D eigenvalue weighted by Gasteiger charge is 2.39. The SMILES string of the molecule is O=C1CCC(N2Cc3ccc(CNC(=O)OCC4CCCCCCC4)cc3C2=O)C(=O)N1. The molecule has 0 aromatic heterocycles. The van der Waals surface area contributed by atoms with Crippen LogP contribution in [0.15, 0.2) is 18.2 Å². The number of hydrogen-bond acceptors (Lipinski definition) is 5. The van der Waals surface area contributed by atoms with Gasteiger partial charge in [-0.2, -0.15) is 0 Å². The summed E-state index contributed by atoms with van der Waals surface area (Å²) < 4.78 is 5.43. The van der Waals surface area contributed by atoms with E-state index in [0.717, 1.165) is 24.0 Å². The van der Waals surface area contributed by atoms with Crippen LogP contribution in [0.1, 0.15) is 79.3 Å². The van der Waals surface area contributed by atoms with E-state index >= 15 is 0 Å². The Balaban J connectivity index is 1.28. The van der Waals surface area contributed by atoms with Crippen molar-refractivity contribution in [3.8, 4) is 0 Å². The molecule has 3 aliphatic rings. The van der Waals surface area contributed by atoms with E-state index in [1.165, 1.54) is 37.0 Å². The molecular formula is C24H31N3O5. The van der Waals surface area contributed by atoms with E-state index in [-0.39, 0.29) is 24.8 Å². The van der Waals surface area contributed by atoms with Gasteiger partial charge in [-0.25, -0.2) is 4.79 Å². The molecule has 4 amide bonds. The first-order chi connectivity index (χ1) is 15.5. The summed E-state index contributed by atoms with van der Waals surface area (Å²) in [5, 5.41) is 5.08. The summed E-state index contributed by atoms with van der Waals surface area (Å²) in [5.74, 6) is -0.498. The second kappa shape index (κ2) is 10.1. The number of benzene rings is 1. The van der Waals surface area contributed by atoms with E-state index < -0.39 is 18.0 Å². The molecule has 1 atom stereocenters. The van der Waals surface area contributed by atoms with Gasteiger partial charge >= 0.3 is 6.09 Å². The van der Waals surface area contributed by atoms with Crippen molar-refractivity contribution in [3.63, 3.8) is 0 Å². The number of carbonyl (C=O) groups excluding carboxylic acids is 4. The van der Waals surface area contributed by atoms with E-state index in [1.807, 2.05) is 12.1 Å². The van der Waals surface area contributed by atoms with Crippen LogP contribution in [0.2, 0.25) is 0 Å². The smallest absolute Gasteiger partial charge is 0.407 e. The Morgan fingerprint density at radius 2 is 1.81 bits per heavy atom. The van der Waals surface area contributed by atoms with Gasteiger partial charge < -0.3 is 15.0 Å². The fourth-order valence-corrected chi connectivity index (χ4v) is 4.84. The maximum absolute atomic E-state index is 12.9. The highest BCUT2D eigenvalue weighted by atomic mass is 16.5. The van der Waals surface area contributed by atoms with Crippen LogP contribution in [-0.4, -0.2) is 41.4 Å². The van der Waals surface area contributed by atoms with Crippen LogP contribution >= 0.6 is 0 Å². The van der Waals surface area contributed by atoms with Crippen molar-refractivity contribution in [3.05, 3.63) is 34.9 Å². The molecule has 0 bridgehead atoms. The Hall–Kier alpha value is -2.90. The number of nitrogens with one attached hydrogen (secondary N) is 2. The minimum atomic E-state index is -0.627. The molecule has 1 aromatic carbocycles. The number of amides is 4. The Bertz CT molecular complexity index is 892. The van der Waals surface area contributed by atoms with E-state index in [2.05, 4.69) is 10.6 Å². The Labute approximate surface area is 188 Å². The van der Waals surface area contributed by atoms with Crippen LogP contribution < -0.4 is 10.6 Å². The number of piperidine rings is 1. The predicted octanol–water partition coefficient (Wildman–Crippen LogP) is 3.03. The van der Waals surface area contributed by atoms with Crippen molar-refractivity contribution in [1.29, 1.82) is 0 Å². The van der Waals surface area contributed by atoms with E-state index in [1.54, 1.807) is 6.07 Å². The van der Waals surface area contributed by atoms with Crippen molar-refractivity contribution in [1.82, 2.24) is 15.5 Å². The van der Waals surface area contributed by atoms with Gasteiger partial charge in [-0.05, 0) is 42.4 Å². The molecule has 2 N–H and O–H groups in total. The van der Waals surface area contributed by atoms with E-state index in [4.69, 9.17) is 4.74 Å². The average molecular weight is 442 g/mol. The molecule has 4 rings (SSSR count). The highest BCUT2D eigenvalue weighted by molar-refractivity contribution is 6.05. The zero-order chi connectivity index (χ0) is 22.5. The minimum Gasteiger partial charge on any atom is -0.449 e. The number of ether oxygens (including phenoxy) is 1. The molecule has 8 nitrogen and oxygen atoms in total. The molecule has 32 heavy (non-hydrogen) atoms. The Kier molecular flexibility index (Phi) is 7.07. The van der Waals surface area contributed by atoms with Crippen LogP contribution in [0, 0.1) is 5.92 Å². The van der Waals surface area contributed by atoms with Crippen molar-refractivity contribution in [2.75, 3.05) is 6.61 Å². The molecule has 1 saturated heterocycles. The van der Waals surface area contributed by atoms with Gasteiger partial charge in [0.2, 0.25) is 11.8 Å². The van der Waals surface area contributed by atoms with Crippen LogP contribution in [0.5, 0.6) is 0 Å². The highest BCUT2D eigenvalue weighted by Crippen LogP contribution is 2.28. The number of carbonyl (C=O) groups is 4. The third-order valence-electron chi connectivity index (χ3n) is 6.70. The van der Waals surface area contributed by atoms with Crippen molar-refractivity contribution in [2.24, 2.45) is 5.92 Å². The Morgan fingerprint density at radius 1 is 1.06 bits per heavy atom. The van der Waals surface area contributed by atoms with Gasteiger partial charge in [0.1, 0.15) is 6.04 Å². The molecule has 0 radical (unpaired) electrons. The van der Waals surface area contributed by atoms with E-state index in [9.17, 15) is 19.2 Å². The van der Waals surface area contributed by atoms with Gasteiger partial charge in [0.05, 0.1) is 6.61 Å². The van der Waals surface area contributed by atoms with Gasteiger partial charge in [0.15, 0.2) is 0 Å². The zero-order valence-electron chi connectivity index (χ0n) is 18.4. The first kappa shape index (κ1) is 22.3. The lowest BCUT2D eigenvalue weighted by molar-refractivity contribution is -0.136. The minimum absolute atomic E-state index is 0.219. The second-order valence-corrected chi connectivity index (χ2v) is 9.05. The summed E-state index contributed by atoms with van der Waals surface area (Å²) >= 11 is 0. The number of fused-ring (bicyclic) bond motifs is 1. The lowest BCUT2D eigenvalue weighted by Crippen LogP contribution is -2.52. The van der Waals surface area contributed by atoms with Gasteiger partial charge in [-0.15, -0.1) is 0 Å². The average Bonchev–Trinajstić information content (AvgIpc) is 3.07. The molecule has 2 heterocycles. The van der Waals surface area contributed by atoms with Gasteiger partial charge in [-0.3, -0.25) is 19.7 Å². The van der Waals surface area contributed by atoms with Crippen LogP contribution in [-0.2, 0) is 27.4 Å². The Morgan fingerprint density at radius 3 is 2.56 bits per heavy atom. The summed E-state index contributed by atoms with van der Waals surface area (Å²) in [5.41, 5.74) is 2.18. The largest absolute Gasteiger partial charge is 0.449 e. The summed E-state index contributed by atoms with van der Waals surface area (Å²) in [6.45, 7) is 1.06. The summed E-state index contributed by atoms with van der Waals surface area (Å²) in [6, 6.07) is 4.86. The van der Waals surface area contributed by atoms with Crippen LogP contribution in [0.25, 0.3) is 0 Å². The number of alkyl carbamates (subject to hydrolysis) is 1. The normalized spacial score (nSPS) is 22.1. The van der Waals surface area contributed by atoms with Crippen LogP contribution in [0.4, 0.5) is 4.79 Å². The van der Waals surface area contributed by atoms with Gasteiger partial charge in [0, 0.05) is 25.1 Å².